The third-order valence-corrected chi connectivity index (χ3v) is 7.70. The van der Waals surface area contributed by atoms with Crippen molar-refractivity contribution >= 4 is 40.7 Å². The number of rotatable bonds is 4. The van der Waals surface area contributed by atoms with Crippen LogP contribution in [0, 0.1) is 13.8 Å². The van der Waals surface area contributed by atoms with Gasteiger partial charge in [-0.1, -0.05) is 41.4 Å². The summed E-state index contributed by atoms with van der Waals surface area (Å²) in [6, 6.07) is 11.6. The molecule has 9 heteroatoms. The predicted molar refractivity (Wildman–Crippen MR) is 142 cm³/mol. The number of fused-ring (bicyclic) bond motifs is 1. The van der Waals surface area contributed by atoms with Gasteiger partial charge < -0.3 is 14.7 Å². The molecule has 3 aromatic rings. The highest BCUT2D eigenvalue weighted by atomic mass is 35.5. The number of hydrogen-bond acceptors (Lipinski definition) is 4. The molecule has 0 aliphatic carbocycles. The second-order valence-electron chi connectivity index (χ2n) is 9.58. The number of nitrogens with one attached hydrogen (secondary N) is 1. The summed E-state index contributed by atoms with van der Waals surface area (Å²) in [4.78, 5) is 32.5. The maximum Gasteiger partial charge on any atom is 0.274 e. The number of nitrogens with zero attached hydrogens (tertiary/aromatic N) is 4. The molecule has 0 unspecified atom stereocenters. The van der Waals surface area contributed by atoms with Crippen molar-refractivity contribution in [1.29, 1.82) is 0 Å². The number of amides is 2. The molecular weight excluding hydrogens is 497 g/mol. The first-order chi connectivity index (χ1) is 17.3. The second kappa shape index (κ2) is 10.1. The Hall–Kier alpha value is -3.03. The van der Waals surface area contributed by atoms with Crippen LogP contribution in [0.2, 0.25) is 10.0 Å². The van der Waals surface area contributed by atoms with Gasteiger partial charge in [0.1, 0.15) is 0 Å². The number of carbonyl (C=O) groups is 2. The smallest absolute Gasteiger partial charge is 0.274 e. The number of carbonyl (C=O) groups excluding carboxylic acids is 2. The first-order valence-electron chi connectivity index (χ1n) is 12.2. The Morgan fingerprint density at radius 2 is 1.75 bits per heavy atom. The summed E-state index contributed by atoms with van der Waals surface area (Å²) in [6.07, 6.45) is 0.822. The molecule has 2 aliphatic rings. The van der Waals surface area contributed by atoms with Gasteiger partial charge in [-0.3, -0.25) is 14.7 Å². The number of H-pyrrole nitrogens is 1. The number of aromatic amines is 1. The van der Waals surface area contributed by atoms with Crippen molar-refractivity contribution in [2.45, 2.75) is 33.2 Å². The van der Waals surface area contributed by atoms with Crippen molar-refractivity contribution < 1.29 is 9.59 Å². The molecule has 5 rings (SSSR count). The zero-order valence-corrected chi connectivity index (χ0v) is 22.0. The van der Waals surface area contributed by atoms with E-state index < -0.39 is 0 Å². The molecule has 1 saturated heterocycles. The van der Waals surface area contributed by atoms with Crippen molar-refractivity contribution in [3.63, 3.8) is 0 Å². The zero-order valence-electron chi connectivity index (χ0n) is 20.5. The van der Waals surface area contributed by atoms with Crippen LogP contribution < -0.4 is 4.90 Å². The molecule has 2 aromatic carbocycles. The van der Waals surface area contributed by atoms with E-state index in [1.54, 1.807) is 23.1 Å². The molecule has 0 spiro atoms. The third-order valence-electron chi connectivity index (χ3n) is 7.12. The van der Waals surface area contributed by atoms with E-state index in [1.165, 1.54) is 16.8 Å². The third kappa shape index (κ3) is 4.95. The molecule has 0 atom stereocenters. The van der Waals surface area contributed by atoms with Crippen molar-refractivity contribution in [2.24, 2.45) is 0 Å². The fraction of sp³-hybridized carbons (Fsp3) is 0.370. The molecule has 2 aliphatic heterocycles. The number of benzene rings is 2. The monoisotopic (exact) mass is 525 g/mol. The van der Waals surface area contributed by atoms with Gasteiger partial charge in [0.15, 0.2) is 5.69 Å². The number of anilines is 1. The van der Waals surface area contributed by atoms with Gasteiger partial charge in [0.05, 0.1) is 6.42 Å². The van der Waals surface area contributed by atoms with Crippen LogP contribution in [0.25, 0.3) is 0 Å². The van der Waals surface area contributed by atoms with E-state index in [9.17, 15) is 9.59 Å². The van der Waals surface area contributed by atoms with E-state index in [0.29, 0.717) is 48.3 Å². The van der Waals surface area contributed by atoms with Gasteiger partial charge in [0.2, 0.25) is 5.91 Å². The lowest BCUT2D eigenvalue weighted by Crippen LogP contribution is -2.49. The van der Waals surface area contributed by atoms with Gasteiger partial charge in [-0.05, 0) is 48.7 Å². The molecule has 2 amide bonds. The molecule has 1 fully saturated rings. The summed E-state index contributed by atoms with van der Waals surface area (Å²) in [7, 11) is 0. The molecule has 0 saturated carbocycles. The summed E-state index contributed by atoms with van der Waals surface area (Å²) in [5.41, 5.74) is 6.62. The fourth-order valence-corrected chi connectivity index (χ4v) is 5.46. The maximum atomic E-state index is 13.4. The largest absolute Gasteiger partial charge is 0.368 e. The summed E-state index contributed by atoms with van der Waals surface area (Å²) >= 11 is 12.3. The minimum Gasteiger partial charge on any atom is -0.368 e. The van der Waals surface area contributed by atoms with Crippen LogP contribution in [0.1, 0.15) is 38.4 Å². The van der Waals surface area contributed by atoms with E-state index in [1.807, 2.05) is 4.90 Å². The standard InChI is InChI=1S/C27H29Cl2N5O2/c1-17-3-4-18(2)24(13-17)32-9-11-33(12-10-32)27(36)26-21-16-34(8-7-23(21)30-31-26)25(35)14-19-5-6-20(28)15-22(19)29/h3-6,13,15H,7-12,14,16H2,1-2H3,(H,30,31). The highest BCUT2D eigenvalue weighted by molar-refractivity contribution is 6.35. The van der Waals surface area contributed by atoms with E-state index >= 15 is 0 Å². The highest BCUT2D eigenvalue weighted by Crippen LogP contribution is 2.27. The lowest BCUT2D eigenvalue weighted by molar-refractivity contribution is -0.131. The Bertz CT molecular complexity index is 1310. The Morgan fingerprint density at radius 1 is 0.972 bits per heavy atom. The van der Waals surface area contributed by atoms with Gasteiger partial charge in [0, 0.05) is 72.7 Å². The highest BCUT2D eigenvalue weighted by Gasteiger charge is 2.31. The summed E-state index contributed by atoms with van der Waals surface area (Å²) in [5, 5.41) is 8.43. The van der Waals surface area contributed by atoms with Crippen LogP contribution in [0.15, 0.2) is 36.4 Å². The maximum absolute atomic E-state index is 13.4. The van der Waals surface area contributed by atoms with Gasteiger partial charge >= 0.3 is 0 Å². The molecule has 36 heavy (non-hydrogen) atoms. The van der Waals surface area contributed by atoms with Gasteiger partial charge in [-0.2, -0.15) is 5.10 Å². The van der Waals surface area contributed by atoms with Crippen LogP contribution in [0.4, 0.5) is 5.69 Å². The zero-order chi connectivity index (χ0) is 25.4. The van der Waals surface area contributed by atoms with Crippen molar-refractivity contribution in [3.8, 4) is 0 Å². The fourth-order valence-electron chi connectivity index (χ4n) is 4.98. The molecule has 188 valence electrons. The lowest BCUT2D eigenvalue weighted by Gasteiger charge is -2.37. The normalized spacial score (nSPS) is 15.7. The molecule has 3 heterocycles. The van der Waals surface area contributed by atoms with Gasteiger partial charge in [0.25, 0.3) is 5.91 Å². The number of piperazine rings is 1. The Morgan fingerprint density at radius 3 is 2.50 bits per heavy atom. The minimum absolute atomic E-state index is 0.0355. The SMILES string of the molecule is Cc1ccc(C)c(N2CCN(C(=O)c3n[nH]c4c3CN(C(=O)Cc3ccc(Cl)cc3Cl)CC4)CC2)c1. The van der Waals surface area contributed by atoms with E-state index in [-0.39, 0.29) is 18.2 Å². The first kappa shape index (κ1) is 24.7. The van der Waals surface area contributed by atoms with E-state index in [4.69, 9.17) is 23.2 Å². The average Bonchev–Trinajstić information content (AvgIpc) is 3.30. The van der Waals surface area contributed by atoms with Crippen LogP contribution in [0.3, 0.4) is 0 Å². The molecule has 7 nitrogen and oxygen atoms in total. The first-order valence-corrected chi connectivity index (χ1v) is 12.9. The van der Waals surface area contributed by atoms with Crippen molar-refractivity contribution in [1.82, 2.24) is 20.0 Å². The summed E-state index contributed by atoms with van der Waals surface area (Å²) < 4.78 is 0. The molecule has 0 bridgehead atoms. The Labute approximate surface area is 221 Å². The lowest BCUT2D eigenvalue weighted by atomic mass is 10.0. The molecule has 0 radical (unpaired) electrons. The van der Waals surface area contributed by atoms with E-state index in [2.05, 4.69) is 47.1 Å². The van der Waals surface area contributed by atoms with Crippen molar-refractivity contribution in [3.05, 3.63) is 80.1 Å². The molecular formula is C27H29Cl2N5O2. The quantitative estimate of drug-likeness (QED) is 0.547. The predicted octanol–water partition coefficient (Wildman–Crippen LogP) is 4.42. The number of aryl methyl sites for hydroxylation is 2. The van der Waals surface area contributed by atoms with Gasteiger partial charge in [-0.25, -0.2) is 0 Å². The number of hydrogen-bond donors (Lipinski definition) is 1. The average molecular weight is 526 g/mol. The van der Waals surface area contributed by atoms with Crippen molar-refractivity contribution in [2.75, 3.05) is 37.6 Å². The molecule has 1 N–H and O–H groups in total. The summed E-state index contributed by atoms with van der Waals surface area (Å²) in [5.74, 6) is -0.116. The van der Waals surface area contributed by atoms with Crippen LogP contribution >= 0.6 is 23.2 Å². The van der Waals surface area contributed by atoms with Crippen LogP contribution in [-0.2, 0) is 24.2 Å². The van der Waals surface area contributed by atoms with E-state index in [0.717, 1.165) is 29.9 Å². The topological polar surface area (TPSA) is 72.5 Å². The number of halogens is 2. The van der Waals surface area contributed by atoms with Gasteiger partial charge in [-0.15, -0.1) is 0 Å². The minimum atomic E-state index is -0.0804. The molecule has 1 aromatic heterocycles. The Balaban J connectivity index is 1.25. The van der Waals surface area contributed by atoms with Crippen LogP contribution in [-0.4, -0.2) is 64.5 Å². The second-order valence-corrected chi connectivity index (χ2v) is 10.4. The van der Waals surface area contributed by atoms with Crippen LogP contribution in [0.5, 0.6) is 0 Å². The number of aromatic nitrogens is 2. The Kier molecular flexibility index (Phi) is 6.95. The summed E-state index contributed by atoms with van der Waals surface area (Å²) in [6.45, 7) is 7.96.